The zero-order valence-corrected chi connectivity index (χ0v) is 35.9. The van der Waals surface area contributed by atoms with Crippen LogP contribution in [0.1, 0.15) is 88.2 Å². The Hall–Kier alpha value is -5.40. The van der Waals surface area contributed by atoms with Gasteiger partial charge in [-0.3, -0.25) is 9.97 Å². The van der Waals surface area contributed by atoms with Gasteiger partial charge in [-0.15, -0.1) is 0 Å². The van der Waals surface area contributed by atoms with Crippen molar-refractivity contribution in [2.24, 2.45) is 0 Å². The highest BCUT2D eigenvalue weighted by molar-refractivity contribution is 5.81. The number of pyridine rings is 2. The topological polar surface area (TPSA) is 134 Å². The standard InChI is InChI=1S/C50H62N2O10/c1-3-47(53)57-31-15-11-7-5-9-13-29-55-43-25-27-45(51-35-43)41-21-17-39(18-22-41)37-61-49-50(60-34-33-59-49)62-38-40-19-23-42(24-20-40)46-28-26-44(36-52-46)56-30-14-10-6-8-12-16-32-58-48(54)4-2/h3-4,17-28,35-36,49-50H,1-2,5-16,29-34,37-38H2/t49-,50-/m0/s1. The van der Waals surface area contributed by atoms with E-state index in [0.29, 0.717) is 52.9 Å². The molecular weight excluding hydrogens is 789 g/mol. The van der Waals surface area contributed by atoms with Crippen LogP contribution >= 0.6 is 0 Å². The Bertz CT molecular complexity index is 1750. The summed E-state index contributed by atoms with van der Waals surface area (Å²) in [6, 6.07) is 24.1. The maximum Gasteiger partial charge on any atom is 0.330 e. The first-order valence-electron chi connectivity index (χ1n) is 21.9. The average molecular weight is 851 g/mol. The fourth-order valence-electron chi connectivity index (χ4n) is 6.58. The van der Waals surface area contributed by atoms with Gasteiger partial charge in [0.05, 0.1) is 76.6 Å². The van der Waals surface area contributed by atoms with Gasteiger partial charge in [0.2, 0.25) is 12.6 Å². The Kier molecular flexibility index (Phi) is 21.7. The lowest BCUT2D eigenvalue weighted by Crippen LogP contribution is -2.41. The number of carbonyl (C=O) groups is 2. The molecule has 2 atom stereocenters. The van der Waals surface area contributed by atoms with E-state index in [0.717, 1.165) is 122 Å². The van der Waals surface area contributed by atoms with Gasteiger partial charge in [0.25, 0.3) is 0 Å². The summed E-state index contributed by atoms with van der Waals surface area (Å²) in [5, 5.41) is 0. The van der Waals surface area contributed by atoms with Crippen LogP contribution in [0.3, 0.4) is 0 Å². The Balaban J connectivity index is 0.943. The molecule has 0 spiro atoms. The van der Waals surface area contributed by atoms with Gasteiger partial charge in [-0.25, -0.2) is 9.59 Å². The molecule has 0 bridgehead atoms. The molecule has 4 aromatic rings. The van der Waals surface area contributed by atoms with E-state index in [4.69, 9.17) is 37.9 Å². The second-order valence-corrected chi connectivity index (χ2v) is 14.9. The van der Waals surface area contributed by atoms with E-state index in [1.165, 1.54) is 12.2 Å². The minimum atomic E-state index is -0.658. The van der Waals surface area contributed by atoms with Gasteiger partial charge in [0.15, 0.2) is 0 Å². The zero-order chi connectivity index (χ0) is 43.5. The quantitative estimate of drug-likeness (QED) is 0.0281. The highest BCUT2D eigenvalue weighted by Gasteiger charge is 2.29. The van der Waals surface area contributed by atoms with Crippen LogP contribution in [0.25, 0.3) is 22.5 Å². The first-order valence-corrected chi connectivity index (χ1v) is 21.9. The van der Waals surface area contributed by atoms with Crippen molar-refractivity contribution in [3.63, 3.8) is 0 Å². The van der Waals surface area contributed by atoms with Crippen molar-refractivity contribution in [3.8, 4) is 34.0 Å². The summed E-state index contributed by atoms with van der Waals surface area (Å²) in [5.41, 5.74) is 5.71. The molecule has 3 heterocycles. The van der Waals surface area contributed by atoms with Crippen molar-refractivity contribution in [1.82, 2.24) is 9.97 Å². The minimum absolute atomic E-state index is 0.338. The fourth-order valence-corrected chi connectivity index (χ4v) is 6.58. The lowest BCUT2D eigenvalue weighted by atomic mass is 10.1. The van der Waals surface area contributed by atoms with Crippen LogP contribution in [0.4, 0.5) is 0 Å². The van der Waals surface area contributed by atoms with Crippen LogP contribution in [-0.2, 0) is 51.2 Å². The third-order valence-electron chi connectivity index (χ3n) is 10.1. The Morgan fingerprint density at radius 1 is 0.516 bits per heavy atom. The fraction of sp³-hybridized carbons (Fsp3) is 0.440. The normalized spacial score (nSPS) is 14.8. The molecule has 0 radical (unpaired) electrons. The van der Waals surface area contributed by atoms with E-state index >= 15 is 0 Å². The molecule has 5 rings (SSSR count). The maximum atomic E-state index is 11.1. The first-order chi connectivity index (χ1) is 30.5. The number of rotatable bonds is 30. The highest BCUT2D eigenvalue weighted by Crippen LogP contribution is 2.24. The van der Waals surface area contributed by atoms with Crippen LogP contribution < -0.4 is 9.47 Å². The molecule has 0 N–H and O–H groups in total. The smallest absolute Gasteiger partial charge is 0.330 e. The number of nitrogens with zero attached hydrogens (tertiary/aromatic N) is 2. The largest absolute Gasteiger partial charge is 0.492 e. The summed E-state index contributed by atoms with van der Waals surface area (Å²) in [4.78, 5) is 31.3. The second kappa shape index (κ2) is 28.2. The molecule has 0 saturated carbocycles. The van der Waals surface area contributed by atoms with Crippen LogP contribution in [0, 0.1) is 0 Å². The summed E-state index contributed by atoms with van der Waals surface area (Å²) in [6.45, 7) is 10.5. The van der Waals surface area contributed by atoms with Crippen molar-refractivity contribution < 1.29 is 47.5 Å². The van der Waals surface area contributed by atoms with Gasteiger partial charge in [0.1, 0.15) is 11.5 Å². The monoisotopic (exact) mass is 850 g/mol. The van der Waals surface area contributed by atoms with Crippen LogP contribution in [-0.4, -0.2) is 74.1 Å². The molecule has 62 heavy (non-hydrogen) atoms. The summed E-state index contributed by atoms with van der Waals surface area (Å²) >= 11 is 0. The summed E-state index contributed by atoms with van der Waals surface area (Å²) in [6.07, 6.45) is 17.1. The van der Waals surface area contributed by atoms with E-state index in [9.17, 15) is 9.59 Å². The first kappa shape index (κ1) is 47.6. The minimum Gasteiger partial charge on any atom is -0.492 e. The van der Waals surface area contributed by atoms with Gasteiger partial charge >= 0.3 is 11.9 Å². The van der Waals surface area contributed by atoms with E-state index in [-0.39, 0.29) is 11.9 Å². The number of hydrogen-bond acceptors (Lipinski definition) is 12. The van der Waals surface area contributed by atoms with E-state index in [1.54, 1.807) is 12.4 Å². The second-order valence-electron chi connectivity index (χ2n) is 14.9. The predicted octanol–water partition coefficient (Wildman–Crippen LogP) is 10.1. The van der Waals surface area contributed by atoms with E-state index in [2.05, 4.69) is 23.1 Å². The lowest BCUT2D eigenvalue weighted by molar-refractivity contribution is -0.326. The Labute approximate surface area is 366 Å². The van der Waals surface area contributed by atoms with Crippen LogP contribution in [0.5, 0.6) is 11.5 Å². The molecule has 12 heteroatoms. The third kappa shape index (κ3) is 17.9. The molecule has 1 saturated heterocycles. The molecule has 0 amide bonds. The predicted molar refractivity (Wildman–Crippen MR) is 237 cm³/mol. The lowest BCUT2D eigenvalue weighted by Gasteiger charge is -2.31. The summed E-state index contributed by atoms with van der Waals surface area (Å²) < 4.78 is 45.8. The highest BCUT2D eigenvalue weighted by atomic mass is 16.8. The van der Waals surface area contributed by atoms with Crippen molar-refractivity contribution >= 4 is 11.9 Å². The van der Waals surface area contributed by atoms with Crippen molar-refractivity contribution in [2.75, 3.05) is 39.6 Å². The molecule has 1 aliphatic heterocycles. The summed E-state index contributed by atoms with van der Waals surface area (Å²) in [7, 11) is 0. The number of aromatic nitrogens is 2. The molecule has 0 aliphatic carbocycles. The van der Waals surface area contributed by atoms with Crippen LogP contribution in [0.15, 0.2) is 111 Å². The SMILES string of the molecule is C=CC(=O)OCCCCCCCCOc1ccc(-c2ccc(CO[C@@H]3OCCO[C@H]3OCc3ccc(-c4ccc(OCCCCCCCCOC(=O)C=C)cn4)cc3)cc2)nc1. The van der Waals surface area contributed by atoms with Crippen molar-refractivity contribution in [1.29, 1.82) is 0 Å². The number of ether oxygens (including phenoxy) is 8. The van der Waals surface area contributed by atoms with E-state index in [1.807, 2.05) is 72.8 Å². The number of carbonyl (C=O) groups excluding carboxylic acids is 2. The number of esters is 2. The summed E-state index contributed by atoms with van der Waals surface area (Å²) in [5.74, 6) is 0.793. The third-order valence-corrected chi connectivity index (χ3v) is 10.1. The molecular formula is C50H62N2O10. The number of unbranched alkanes of at least 4 members (excludes halogenated alkanes) is 10. The van der Waals surface area contributed by atoms with Gasteiger partial charge < -0.3 is 37.9 Å². The molecule has 1 aliphatic rings. The molecule has 2 aromatic heterocycles. The molecule has 332 valence electrons. The molecule has 0 unspecified atom stereocenters. The Morgan fingerprint density at radius 3 is 1.24 bits per heavy atom. The van der Waals surface area contributed by atoms with Gasteiger partial charge in [-0.1, -0.05) is 113 Å². The number of hydrogen-bond donors (Lipinski definition) is 0. The average Bonchev–Trinajstić information content (AvgIpc) is 3.32. The van der Waals surface area contributed by atoms with Gasteiger partial charge in [0, 0.05) is 23.3 Å². The Morgan fingerprint density at radius 2 is 0.887 bits per heavy atom. The van der Waals surface area contributed by atoms with Crippen molar-refractivity contribution in [2.45, 2.75) is 103 Å². The van der Waals surface area contributed by atoms with Crippen LogP contribution in [0.2, 0.25) is 0 Å². The molecule has 1 fully saturated rings. The number of benzene rings is 2. The zero-order valence-electron chi connectivity index (χ0n) is 35.9. The van der Waals surface area contributed by atoms with Gasteiger partial charge in [-0.2, -0.15) is 0 Å². The molecule has 12 nitrogen and oxygen atoms in total. The maximum absolute atomic E-state index is 11.1. The van der Waals surface area contributed by atoms with Gasteiger partial charge in [-0.05, 0) is 61.1 Å². The van der Waals surface area contributed by atoms with E-state index < -0.39 is 12.6 Å². The molecule has 2 aromatic carbocycles. The van der Waals surface area contributed by atoms with Crippen molar-refractivity contribution in [3.05, 3.63) is 122 Å².